The van der Waals surface area contributed by atoms with Crippen molar-refractivity contribution in [3.8, 4) is 6.07 Å². The lowest BCUT2D eigenvalue weighted by Crippen LogP contribution is -2.51. The van der Waals surface area contributed by atoms with Crippen LogP contribution in [0.3, 0.4) is 0 Å². The normalized spacial score (nSPS) is 26.4. The van der Waals surface area contributed by atoms with Crippen molar-refractivity contribution in [3.05, 3.63) is 53.2 Å². The van der Waals surface area contributed by atoms with E-state index in [1.165, 1.54) is 11.0 Å². The molecule has 60 heavy (non-hydrogen) atoms. The minimum atomic E-state index is -4.76. The summed E-state index contributed by atoms with van der Waals surface area (Å²) in [5.41, 5.74) is -0.784. The maximum atomic E-state index is 13.8. The van der Waals surface area contributed by atoms with Crippen LogP contribution < -0.4 is 15.5 Å². The van der Waals surface area contributed by atoms with Crippen LogP contribution in [0.25, 0.3) is 10.9 Å². The van der Waals surface area contributed by atoms with E-state index >= 15 is 0 Å². The number of likely N-dealkylation sites (tertiary alicyclic amines) is 1. The fraction of sp³-hybridized carbons (Fsp3) is 0.558. The Bertz CT molecular complexity index is 2230. The van der Waals surface area contributed by atoms with Gasteiger partial charge in [0.15, 0.2) is 5.11 Å². The van der Waals surface area contributed by atoms with E-state index in [2.05, 4.69) is 34.5 Å². The van der Waals surface area contributed by atoms with Gasteiger partial charge in [0.2, 0.25) is 17.7 Å². The van der Waals surface area contributed by atoms with Gasteiger partial charge in [-0.25, -0.2) is 0 Å². The summed E-state index contributed by atoms with van der Waals surface area (Å²) in [4.78, 5) is 56.8. The number of halogens is 3. The molecule has 2 aromatic carbocycles. The number of thiocarbonyl (C=S) groups is 1. The zero-order valence-electron chi connectivity index (χ0n) is 34.5. The predicted octanol–water partition coefficient (Wildman–Crippen LogP) is 6.54. The van der Waals surface area contributed by atoms with E-state index in [9.17, 15) is 37.6 Å². The highest BCUT2D eigenvalue weighted by Crippen LogP contribution is 2.41. The van der Waals surface area contributed by atoms with Crippen molar-refractivity contribution < 1.29 is 37.1 Å². The molecule has 13 nitrogen and oxygen atoms in total. The number of amides is 4. The molecule has 3 aliphatic heterocycles. The van der Waals surface area contributed by atoms with E-state index in [4.69, 9.17) is 17.0 Å². The number of rotatable bonds is 10. The summed E-state index contributed by atoms with van der Waals surface area (Å²) in [5, 5.41) is 20.3. The number of carbonyl (C=O) groups is 4. The quantitative estimate of drug-likeness (QED) is 0.170. The van der Waals surface area contributed by atoms with Crippen molar-refractivity contribution in [2.45, 2.75) is 127 Å². The smallest absolute Gasteiger partial charge is 0.378 e. The summed E-state index contributed by atoms with van der Waals surface area (Å²) < 4.78 is 49.4. The number of para-hydroxylation sites is 1. The number of nitrogens with one attached hydrogen (secondary N) is 2. The molecule has 1 aromatic heterocycles. The molecule has 4 fully saturated rings. The molecule has 3 atom stereocenters. The lowest BCUT2D eigenvalue weighted by molar-refractivity contribution is -0.138. The number of carbonyl (C=O) groups excluding carboxylic acids is 4. The van der Waals surface area contributed by atoms with Gasteiger partial charge < -0.3 is 15.0 Å². The fourth-order valence-electron chi connectivity index (χ4n) is 9.87. The molecular formula is C43H51F3N8O5S. The number of ether oxygens (including phenoxy) is 1. The van der Waals surface area contributed by atoms with E-state index in [1.54, 1.807) is 31.6 Å². The molecule has 7 rings (SSSR count). The number of fused-ring (bicyclic) bond motifs is 1. The summed E-state index contributed by atoms with van der Waals surface area (Å²) >= 11 is 5.75. The number of nitrogens with zero attached hydrogens (tertiary/aromatic N) is 6. The topological polar surface area (TPSA) is 153 Å². The minimum Gasteiger partial charge on any atom is -0.378 e. The SMILES string of the molecule is CC1CC(CCOC2CCC(N3C(=S)N(c4ccc(C#N)c(C(F)(F)F)c4)C(=O)C3(C)C)CC2)CC(C)N1CC(=O)Nc1cccc2c(C3CCC(=O)NC3=O)nn(C)c12. The molecule has 320 valence electrons. The Kier molecular flexibility index (Phi) is 12.1. The van der Waals surface area contributed by atoms with Gasteiger partial charge in [0.05, 0.1) is 58.3 Å². The Hall–Kier alpha value is -4.92. The van der Waals surface area contributed by atoms with Crippen molar-refractivity contribution in [2.24, 2.45) is 13.0 Å². The van der Waals surface area contributed by atoms with Crippen molar-refractivity contribution >= 4 is 63.2 Å². The molecule has 0 spiro atoms. The van der Waals surface area contributed by atoms with Gasteiger partial charge in [0.1, 0.15) is 5.54 Å². The third kappa shape index (κ3) is 8.38. The number of anilines is 2. The largest absolute Gasteiger partial charge is 0.417 e. The van der Waals surface area contributed by atoms with Crippen LogP contribution in [0, 0.1) is 17.2 Å². The molecule has 2 N–H and O–H groups in total. The van der Waals surface area contributed by atoms with Crippen LogP contribution in [0.1, 0.15) is 108 Å². The molecule has 1 aliphatic carbocycles. The van der Waals surface area contributed by atoms with Crippen molar-refractivity contribution in [3.63, 3.8) is 0 Å². The third-order valence-electron chi connectivity index (χ3n) is 12.8. The van der Waals surface area contributed by atoms with Crippen LogP contribution >= 0.6 is 12.2 Å². The second kappa shape index (κ2) is 16.9. The molecule has 4 amide bonds. The number of imide groups is 1. The van der Waals surface area contributed by atoms with Crippen molar-refractivity contribution in [2.75, 3.05) is 23.4 Å². The van der Waals surface area contributed by atoms with Gasteiger partial charge in [-0.2, -0.15) is 23.5 Å². The van der Waals surface area contributed by atoms with Gasteiger partial charge in [-0.15, -0.1) is 0 Å². The molecule has 17 heteroatoms. The molecule has 4 aliphatic rings. The van der Waals surface area contributed by atoms with Gasteiger partial charge in [0, 0.05) is 43.6 Å². The van der Waals surface area contributed by atoms with Crippen LogP contribution in [-0.2, 0) is 37.1 Å². The molecule has 1 saturated carbocycles. The van der Waals surface area contributed by atoms with Gasteiger partial charge >= 0.3 is 6.18 Å². The number of alkyl halides is 3. The number of nitriles is 1. The summed E-state index contributed by atoms with van der Waals surface area (Å²) in [6.07, 6.45) is 1.60. The average Bonchev–Trinajstić information content (AvgIpc) is 3.61. The highest BCUT2D eigenvalue weighted by Gasteiger charge is 2.53. The first-order valence-corrected chi connectivity index (χ1v) is 21.1. The average molecular weight is 849 g/mol. The molecule has 0 radical (unpaired) electrons. The molecule has 0 bridgehead atoms. The maximum Gasteiger partial charge on any atom is 0.417 e. The van der Waals surface area contributed by atoms with Crippen LogP contribution in [0.2, 0.25) is 0 Å². The van der Waals surface area contributed by atoms with E-state index in [1.807, 2.05) is 23.1 Å². The minimum absolute atomic E-state index is 0.0104. The van der Waals surface area contributed by atoms with Crippen molar-refractivity contribution in [1.82, 2.24) is 24.9 Å². The van der Waals surface area contributed by atoms with Gasteiger partial charge in [-0.05, 0) is 121 Å². The van der Waals surface area contributed by atoms with Gasteiger partial charge in [-0.3, -0.25) is 39.0 Å². The highest BCUT2D eigenvalue weighted by atomic mass is 32.1. The monoisotopic (exact) mass is 848 g/mol. The predicted molar refractivity (Wildman–Crippen MR) is 222 cm³/mol. The van der Waals surface area contributed by atoms with Gasteiger partial charge in [0.25, 0.3) is 5.91 Å². The van der Waals surface area contributed by atoms with Crippen LogP contribution in [0.4, 0.5) is 24.5 Å². The standard InChI is InChI=1S/C43H51F3N8O5S/c1-24-19-26(20-25(2)52(24)23-36(56)48-34-8-6-7-31-37(50-51(5)38(31)34)32-15-16-35(55)49-39(32)57)17-18-59-30-13-11-28(12-14-30)54-41(60)53(40(58)42(54,3)4)29-10-9-27(22-47)33(21-29)43(44,45)46/h6-10,21,24-26,28,30,32H,11-20,23H2,1-5H3,(H,48,56)(H,49,55,57). The Morgan fingerprint density at radius 2 is 1.77 bits per heavy atom. The summed E-state index contributed by atoms with van der Waals surface area (Å²) in [6.45, 7) is 8.62. The maximum absolute atomic E-state index is 13.8. The van der Waals surface area contributed by atoms with E-state index in [-0.39, 0.29) is 65.7 Å². The number of aromatic nitrogens is 2. The zero-order valence-corrected chi connectivity index (χ0v) is 35.3. The summed E-state index contributed by atoms with van der Waals surface area (Å²) in [7, 11) is 1.78. The third-order valence-corrected chi connectivity index (χ3v) is 13.2. The second-order valence-electron chi connectivity index (χ2n) is 17.3. The Morgan fingerprint density at radius 3 is 2.42 bits per heavy atom. The zero-order chi connectivity index (χ0) is 43.3. The van der Waals surface area contributed by atoms with E-state index < -0.39 is 34.7 Å². The highest BCUT2D eigenvalue weighted by molar-refractivity contribution is 7.80. The number of benzene rings is 2. The lowest BCUT2D eigenvalue weighted by Gasteiger charge is -2.42. The molecule has 4 heterocycles. The Labute approximate surface area is 352 Å². The van der Waals surface area contributed by atoms with Crippen LogP contribution in [0.5, 0.6) is 0 Å². The number of hydrogen-bond donors (Lipinski definition) is 2. The molecule has 3 aromatic rings. The molecular weight excluding hydrogens is 798 g/mol. The summed E-state index contributed by atoms with van der Waals surface area (Å²) in [6, 6.07) is 10.6. The Balaban J connectivity index is 0.884. The van der Waals surface area contributed by atoms with Crippen molar-refractivity contribution in [1.29, 1.82) is 5.26 Å². The summed E-state index contributed by atoms with van der Waals surface area (Å²) in [5.74, 6) is -1.30. The lowest BCUT2D eigenvalue weighted by atomic mass is 9.85. The van der Waals surface area contributed by atoms with E-state index in [0.29, 0.717) is 43.2 Å². The van der Waals surface area contributed by atoms with Crippen LogP contribution in [0.15, 0.2) is 36.4 Å². The van der Waals surface area contributed by atoms with Gasteiger partial charge in [-0.1, -0.05) is 12.1 Å². The number of hydrogen-bond acceptors (Lipinski definition) is 9. The van der Waals surface area contributed by atoms with Crippen LogP contribution in [-0.4, -0.2) is 91.2 Å². The first-order valence-electron chi connectivity index (χ1n) is 20.6. The number of piperidine rings is 2. The van der Waals surface area contributed by atoms with E-state index in [0.717, 1.165) is 55.1 Å². The molecule has 3 saturated heterocycles. The first-order chi connectivity index (χ1) is 28.4. The second-order valence-corrected chi connectivity index (χ2v) is 17.6. The first kappa shape index (κ1) is 43.2. The Morgan fingerprint density at radius 1 is 1.07 bits per heavy atom. The fourth-order valence-corrected chi connectivity index (χ4v) is 10.4. The number of aryl methyl sites for hydroxylation is 1. The molecule has 3 unspecified atom stereocenters.